The van der Waals surface area contributed by atoms with Gasteiger partial charge >= 0.3 is 0 Å². The van der Waals surface area contributed by atoms with Gasteiger partial charge in [-0.25, -0.2) is 4.39 Å². The van der Waals surface area contributed by atoms with Gasteiger partial charge in [-0.1, -0.05) is 12.1 Å². The van der Waals surface area contributed by atoms with Crippen molar-refractivity contribution in [2.75, 3.05) is 20.3 Å². The van der Waals surface area contributed by atoms with Crippen molar-refractivity contribution in [2.45, 2.75) is 39.8 Å². The topological polar surface area (TPSA) is 76.1 Å². The molecule has 0 aromatic heterocycles. The van der Waals surface area contributed by atoms with E-state index in [0.29, 0.717) is 22.4 Å². The van der Waals surface area contributed by atoms with Crippen molar-refractivity contribution < 1.29 is 28.6 Å². The molecule has 170 valence electrons. The van der Waals surface area contributed by atoms with Crippen LogP contribution >= 0.6 is 0 Å². The van der Waals surface area contributed by atoms with Gasteiger partial charge in [-0.2, -0.15) is 0 Å². The third-order valence-electron chi connectivity index (χ3n) is 5.51. The van der Waals surface area contributed by atoms with E-state index >= 15 is 0 Å². The molecule has 6 nitrogen and oxygen atoms in total. The number of Topliss-reactive ketones (excluding diaryl/α,β-unsaturated/α-hetero) is 1. The van der Waals surface area contributed by atoms with E-state index in [9.17, 15) is 19.1 Å². The van der Waals surface area contributed by atoms with E-state index < -0.39 is 23.5 Å². The van der Waals surface area contributed by atoms with Gasteiger partial charge in [0.05, 0.1) is 31.4 Å². The number of methoxy groups -OCH3 is 1. The molecule has 0 radical (unpaired) electrons. The average molecular weight is 441 g/mol. The summed E-state index contributed by atoms with van der Waals surface area (Å²) in [5.74, 6) is -1.56. The summed E-state index contributed by atoms with van der Waals surface area (Å²) in [5, 5.41) is 11.2. The Morgan fingerprint density at radius 1 is 1.12 bits per heavy atom. The second-order valence-corrected chi connectivity index (χ2v) is 8.10. The normalized spacial score (nSPS) is 18.0. The second kappa shape index (κ2) is 9.53. The quantitative estimate of drug-likeness (QED) is 0.394. The number of halogens is 1. The molecule has 0 aliphatic carbocycles. The molecular formula is C25H28FNO5. The minimum atomic E-state index is -0.854. The Balaban J connectivity index is 2.15. The minimum absolute atomic E-state index is 0.0289. The number of aliphatic hydroxyl groups excluding tert-OH is 1. The van der Waals surface area contributed by atoms with Crippen LogP contribution in [-0.4, -0.2) is 48.1 Å². The number of ether oxygens (including phenoxy) is 2. The number of likely N-dealkylation sites (tertiary alicyclic amines) is 1. The van der Waals surface area contributed by atoms with Crippen molar-refractivity contribution in [3.8, 4) is 5.75 Å². The second-order valence-electron chi connectivity index (χ2n) is 8.10. The molecule has 2 aromatic rings. The number of rotatable bonds is 7. The van der Waals surface area contributed by atoms with Crippen molar-refractivity contribution in [3.05, 3.63) is 70.0 Å². The fourth-order valence-electron chi connectivity index (χ4n) is 3.90. The van der Waals surface area contributed by atoms with Crippen LogP contribution in [0.5, 0.6) is 5.75 Å². The molecule has 1 fully saturated rings. The van der Waals surface area contributed by atoms with Crippen LogP contribution in [0.2, 0.25) is 0 Å². The summed E-state index contributed by atoms with van der Waals surface area (Å²) < 4.78 is 24.5. The van der Waals surface area contributed by atoms with E-state index in [1.807, 2.05) is 20.8 Å². The smallest absolute Gasteiger partial charge is 0.295 e. The molecule has 2 aromatic carbocycles. The highest BCUT2D eigenvalue weighted by atomic mass is 19.1. The van der Waals surface area contributed by atoms with Gasteiger partial charge < -0.3 is 19.5 Å². The fraction of sp³-hybridized carbons (Fsp3) is 0.360. The summed E-state index contributed by atoms with van der Waals surface area (Å²) >= 11 is 0. The number of benzene rings is 2. The van der Waals surface area contributed by atoms with Gasteiger partial charge in [0.15, 0.2) is 0 Å². The predicted molar refractivity (Wildman–Crippen MR) is 119 cm³/mol. The van der Waals surface area contributed by atoms with E-state index in [1.54, 1.807) is 26.2 Å². The Labute approximate surface area is 187 Å². The van der Waals surface area contributed by atoms with E-state index in [4.69, 9.17) is 9.47 Å². The molecule has 3 rings (SSSR count). The van der Waals surface area contributed by atoms with Gasteiger partial charge in [0.2, 0.25) is 0 Å². The van der Waals surface area contributed by atoms with Crippen molar-refractivity contribution in [1.29, 1.82) is 0 Å². The van der Waals surface area contributed by atoms with Crippen LogP contribution in [0.25, 0.3) is 5.76 Å². The molecule has 1 atom stereocenters. The van der Waals surface area contributed by atoms with Crippen molar-refractivity contribution in [2.24, 2.45) is 0 Å². The minimum Gasteiger partial charge on any atom is -0.507 e. The average Bonchev–Trinajstić information content (AvgIpc) is 3.00. The highest BCUT2D eigenvalue weighted by molar-refractivity contribution is 6.46. The van der Waals surface area contributed by atoms with E-state index in [2.05, 4.69) is 0 Å². The number of hydrogen-bond donors (Lipinski definition) is 1. The third-order valence-corrected chi connectivity index (χ3v) is 5.51. The van der Waals surface area contributed by atoms with Gasteiger partial charge in [-0.15, -0.1) is 0 Å². The standard InChI is InChI=1S/C25H28FNO5/c1-14(2)32-11-10-27-22(17-6-8-18(26)9-7-17)21(24(29)25(27)30)23(28)19-12-16(4)20(31-5)13-15(19)3/h6-9,12-14,22,28H,10-11H2,1-5H3/b23-21+. The number of carbonyl (C=O) groups excluding carboxylic acids is 2. The Bertz CT molecular complexity index is 1060. The van der Waals surface area contributed by atoms with Crippen molar-refractivity contribution in [3.63, 3.8) is 0 Å². The molecule has 1 saturated heterocycles. The zero-order valence-corrected chi connectivity index (χ0v) is 18.9. The molecule has 0 spiro atoms. The lowest BCUT2D eigenvalue weighted by molar-refractivity contribution is -0.140. The maximum atomic E-state index is 13.6. The van der Waals surface area contributed by atoms with E-state index in [0.717, 1.165) is 5.56 Å². The molecule has 0 bridgehead atoms. The first-order chi connectivity index (χ1) is 15.1. The molecule has 1 heterocycles. The largest absolute Gasteiger partial charge is 0.507 e. The van der Waals surface area contributed by atoms with Crippen LogP contribution in [0, 0.1) is 19.7 Å². The van der Waals surface area contributed by atoms with Crippen LogP contribution in [0.4, 0.5) is 4.39 Å². The number of aryl methyl sites for hydroxylation is 2. The molecule has 1 aliphatic rings. The SMILES string of the molecule is COc1cc(C)c(/C(O)=C2\C(=O)C(=O)N(CCOC(C)C)C2c2ccc(F)cc2)cc1C. The van der Waals surface area contributed by atoms with Gasteiger partial charge in [-0.3, -0.25) is 9.59 Å². The first kappa shape index (κ1) is 23.5. The van der Waals surface area contributed by atoms with Gasteiger partial charge in [-0.05, 0) is 68.7 Å². The number of ketones is 1. The number of nitrogens with zero attached hydrogens (tertiary/aromatic N) is 1. The van der Waals surface area contributed by atoms with Crippen LogP contribution < -0.4 is 4.74 Å². The Hall–Kier alpha value is -3.19. The molecule has 1 unspecified atom stereocenters. The fourth-order valence-corrected chi connectivity index (χ4v) is 3.90. The lowest BCUT2D eigenvalue weighted by Crippen LogP contribution is -2.33. The molecular weight excluding hydrogens is 413 g/mol. The predicted octanol–water partition coefficient (Wildman–Crippen LogP) is 4.30. The van der Waals surface area contributed by atoms with Gasteiger partial charge in [0.1, 0.15) is 17.3 Å². The van der Waals surface area contributed by atoms with Gasteiger partial charge in [0.25, 0.3) is 11.7 Å². The summed E-state index contributed by atoms with van der Waals surface area (Å²) in [6.45, 7) is 7.75. The maximum Gasteiger partial charge on any atom is 0.295 e. The van der Waals surface area contributed by atoms with Gasteiger partial charge in [0, 0.05) is 12.1 Å². The highest BCUT2D eigenvalue weighted by Gasteiger charge is 2.46. The molecule has 1 aliphatic heterocycles. The summed E-state index contributed by atoms with van der Waals surface area (Å²) in [6.07, 6.45) is -0.0407. The molecule has 32 heavy (non-hydrogen) atoms. The summed E-state index contributed by atoms with van der Waals surface area (Å²) in [4.78, 5) is 27.3. The number of carbonyl (C=O) groups is 2. The maximum absolute atomic E-state index is 13.6. The third kappa shape index (κ3) is 4.53. The number of hydrogen-bond acceptors (Lipinski definition) is 5. The zero-order chi connectivity index (χ0) is 23.6. The summed E-state index contributed by atoms with van der Waals surface area (Å²) in [7, 11) is 1.56. The number of aliphatic hydroxyl groups is 1. The lowest BCUT2D eigenvalue weighted by atomic mass is 9.93. The Kier molecular flexibility index (Phi) is 6.99. The van der Waals surface area contributed by atoms with Crippen LogP contribution in [0.15, 0.2) is 42.0 Å². The lowest BCUT2D eigenvalue weighted by Gasteiger charge is -2.26. The molecule has 0 saturated carbocycles. The molecule has 1 amide bonds. The van der Waals surface area contributed by atoms with E-state index in [-0.39, 0.29) is 30.6 Å². The molecule has 1 N–H and O–H groups in total. The van der Waals surface area contributed by atoms with Crippen molar-refractivity contribution >= 4 is 17.4 Å². The van der Waals surface area contributed by atoms with E-state index in [1.165, 1.54) is 29.2 Å². The Morgan fingerprint density at radius 3 is 2.38 bits per heavy atom. The zero-order valence-electron chi connectivity index (χ0n) is 18.9. The van der Waals surface area contributed by atoms with Crippen LogP contribution in [-0.2, 0) is 14.3 Å². The first-order valence-corrected chi connectivity index (χ1v) is 10.5. The molecule has 7 heteroatoms. The van der Waals surface area contributed by atoms with Crippen molar-refractivity contribution in [1.82, 2.24) is 4.90 Å². The Morgan fingerprint density at radius 2 is 1.78 bits per heavy atom. The highest BCUT2D eigenvalue weighted by Crippen LogP contribution is 2.40. The monoisotopic (exact) mass is 441 g/mol. The first-order valence-electron chi connectivity index (χ1n) is 10.5. The number of amides is 1. The summed E-state index contributed by atoms with van der Waals surface area (Å²) in [5.41, 5.74) is 2.40. The van der Waals surface area contributed by atoms with Crippen LogP contribution in [0.1, 0.15) is 42.1 Å². The summed E-state index contributed by atoms with van der Waals surface area (Å²) in [6, 6.07) is 8.20. The van der Waals surface area contributed by atoms with Crippen LogP contribution in [0.3, 0.4) is 0 Å².